The van der Waals surface area contributed by atoms with Crippen molar-refractivity contribution in [2.45, 2.75) is 24.5 Å². The molecule has 0 saturated carbocycles. The second-order valence-corrected chi connectivity index (χ2v) is 5.75. The van der Waals surface area contributed by atoms with Crippen molar-refractivity contribution >= 4 is 22.6 Å². The number of methoxy groups -OCH3 is 1. The van der Waals surface area contributed by atoms with Crippen molar-refractivity contribution in [1.29, 1.82) is 0 Å². The summed E-state index contributed by atoms with van der Waals surface area (Å²) >= 11 is 6.02. The third-order valence-electron chi connectivity index (χ3n) is 4.22. The lowest BCUT2D eigenvalue weighted by Gasteiger charge is -2.40. The van der Waals surface area contributed by atoms with Crippen molar-refractivity contribution in [3.05, 3.63) is 35.0 Å². The molecule has 6 heteroatoms. The molecular weight excluding hydrogens is 292 g/mol. The molecule has 1 saturated heterocycles. The minimum Gasteiger partial charge on any atom is -0.459 e. The van der Waals surface area contributed by atoms with E-state index in [1.165, 1.54) is 0 Å². The molecule has 0 amide bonds. The number of nitrogens with two attached hydrogens (primary N) is 1. The molecule has 0 radical (unpaired) electrons. The Hall–Kier alpha value is -1.11. The molecule has 1 fully saturated rings. The Balaban J connectivity index is 2.00. The highest BCUT2D eigenvalue weighted by Crippen LogP contribution is 2.39. The molecule has 5 nitrogen and oxygen atoms in total. The van der Waals surface area contributed by atoms with Crippen LogP contribution in [0.3, 0.4) is 0 Å². The summed E-state index contributed by atoms with van der Waals surface area (Å²) in [6.45, 7) is 1.30. The number of furan rings is 1. The van der Waals surface area contributed by atoms with Gasteiger partial charge in [-0.15, -0.1) is 0 Å². The Labute approximate surface area is 128 Å². The van der Waals surface area contributed by atoms with Crippen LogP contribution in [0.5, 0.6) is 0 Å². The van der Waals surface area contributed by atoms with Crippen molar-refractivity contribution in [3.8, 4) is 0 Å². The lowest BCUT2D eigenvalue weighted by molar-refractivity contribution is -0.114. The molecule has 114 valence electrons. The molecule has 2 aromatic rings. The molecule has 3 rings (SSSR count). The highest BCUT2D eigenvalue weighted by atomic mass is 35.5. The molecule has 3 N–H and O–H groups in total. The van der Waals surface area contributed by atoms with Crippen molar-refractivity contribution in [3.63, 3.8) is 0 Å². The van der Waals surface area contributed by atoms with Gasteiger partial charge in [-0.25, -0.2) is 5.43 Å². The molecule has 1 aliphatic rings. The van der Waals surface area contributed by atoms with E-state index in [9.17, 15) is 0 Å². The molecule has 0 bridgehead atoms. The molecule has 1 aromatic heterocycles. The summed E-state index contributed by atoms with van der Waals surface area (Å²) < 4.78 is 17.2. The maximum Gasteiger partial charge on any atom is 0.134 e. The van der Waals surface area contributed by atoms with Crippen LogP contribution >= 0.6 is 11.6 Å². The van der Waals surface area contributed by atoms with E-state index in [0.717, 1.165) is 29.6 Å². The second-order valence-electron chi connectivity index (χ2n) is 5.31. The van der Waals surface area contributed by atoms with Gasteiger partial charge in [0.05, 0.1) is 5.60 Å². The van der Waals surface area contributed by atoms with Gasteiger partial charge in [0.15, 0.2) is 0 Å². The zero-order valence-corrected chi connectivity index (χ0v) is 12.7. The SMILES string of the molecule is COC1(C(NN)c2cc3cc(Cl)ccc3o2)CCOCC1. The average molecular weight is 311 g/mol. The van der Waals surface area contributed by atoms with Gasteiger partial charge in [0.2, 0.25) is 0 Å². The fraction of sp³-hybridized carbons (Fsp3) is 0.467. The van der Waals surface area contributed by atoms with E-state index in [1.54, 1.807) is 7.11 Å². The smallest absolute Gasteiger partial charge is 0.134 e. The van der Waals surface area contributed by atoms with Gasteiger partial charge >= 0.3 is 0 Å². The summed E-state index contributed by atoms with van der Waals surface area (Å²) in [4.78, 5) is 0. The summed E-state index contributed by atoms with van der Waals surface area (Å²) in [7, 11) is 1.70. The number of ether oxygens (including phenoxy) is 2. The maximum absolute atomic E-state index is 6.02. The number of rotatable bonds is 4. The highest BCUT2D eigenvalue weighted by molar-refractivity contribution is 6.31. The lowest BCUT2D eigenvalue weighted by atomic mass is 9.85. The first kappa shape index (κ1) is 14.8. The monoisotopic (exact) mass is 310 g/mol. The van der Waals surface area contributed by atoms with Gasteiger partial charge in [-0.05, 0) is 24.3 Å². The van der Waals surface area contributed by atoms with E-state index in [4.69, 9.17) is 31.3 Å². The van der Waals surface area contributed by atoms with Gasteiger partial charge in [-0.1, -0.05) is 11.6 Å². The van der Waals surface area contributed by atoms with Crippen molar-refractivity contribution in [1.82, 2.24) is 5.43 Å². The number of benzene rings is 1. The van der Waals surface area contributed by atoms with Gasteiger partial charge in [0.25, 0.3) is 0 Å². The summed E-state index contributed by atoms with van der Waals surface area (Å²) in [5, 5.41) is 1.63. The lowest BCUT2D eigenvalue weighted by Crippen LogP contribution is -2.51. The molecule has 1 atom stereocenters. The third-order valence-corrected chi connectivity index (χ3v) is 4.46. The Bertz CT molecular complexity index is 622. The van der Waals surface area contributed by atoms with E-state index in [-0.39, 0.29) is 6.04 Å². The summed E-state index contributed by atoms with van der Waals surface area (Å²) in [6.07, 6.45) is 1.52. The standard InChI is InChI=1S/C15H19ClN2O3/c1-19-15(4-6-20-7-5-15)14(18-17)13-9-10-8-11(16)2-3-12(10)21-13/h2-3,8-9,14,18H,4-7,17H2,1H3. The minimum absolute atomic E-state index is 0.238. The molecule has 0 aliphatic carbocycles. The number of hydrogen-bond acceptors (Lipinski definition) is 5. The van der Waals surface area contributed by atoms with Crippen LogP contribution in [0.2, 0.25) is 5.02 Å². The maximum atomic E-state index is 6.02. The zero-order valence-electron chi connectivity index (χ0n) is 11.9. The molecular formula is C15H19ClN2O3. The number of nitrogens with one attached hydrogen (secondary N) is 1. The predicted octanol–water partition coefficient (Wildman–Crippen LogP) is 2.79. The van der Waals surface area contributed by atoms with E-state index in [0.29, 0.717) is 18.2 Å². The van der Waals surface area contributed by atoms with E-state index in [1.807, 2.05) is 24.3 Å². The van der Waals surface area contributed by atoms with Crippen LogP contribution in [-0.2, 0) is 9.47 Å². The van der Waals surface area contributed by atoms with Crippen LogP contribution in [0, 0.1) is 0 Å². The second kappa shape index (κ2) is 5.94. The molecule has 21 heavy (non-hydrogen) atoms. The first-order chi connectivity index (χ1) is 10.2. The Morgan fingerprint density at radius 2 is 2.10 bits per heavy atom. The third kappa shape index (κ3) is 2.67. The van der Waals surface area contributed by atoms with Crippen LogP contribution < -0.4 is 11.3 Å². The zero-order chi connectivity index (χ0) is 14.9. The van der Waals surface area contributed by atoms with Crippen LogP contribution in [0.4, 0.5) is 0 Å². The number of fused-ring (bicyclic) bond motifs is 1. The largest absolute Gasteiger partial charge is 0.459 e. The number of hydrazine groups is 1. The highest BCUT2D eigenvalue weighted by Gasteiger charge is 2.42. The number of halogens is 1. The number of hydrogen-bond donors (Lipinski definition) is 2. The van der Waals surface area contributed by atoms with E-state index >= 15 is 0 Å². The van der Waals surface area contributed by atoms with Crippen LogP contribution in [-0.4, -0.2) is 25.9 Å². The van der Waals surface area contributed by atoms with Crippen LogP contribution in [0.15, 0.2) is 28.7 Å². The Morgan fingerprint density at radius 3 is 2.76 bits per heavy atom. The molecule has 1 aliphatic heterocycles. The Morgan fingerprint density at radius 1 is 1.33 bits per heavy atom. The van der Waals surface area contributed by atoms with Gasteiger partial charge in [-0.3, -0.25) is 5.84 Å². The van der Waals surface area contributed by atoms with E-state index in [2.05, 4.69) is 5.43 Å². The average Bonchev–Trinajstić information content (AvgIpc) is 2.91. The normalized spacial score (nSPS) is 19.8. The molecule has 1 aromatic carbocycles. The van der Waals surface area contributed by atoms with Crippen LogP contribution in [0.1, 0.15) is 24.6 Å². The van der Waals surface area contributed by atoms with E-state index < -0.39 is 5.60 Å². The van der Waals surface area contributed by atoms with Gasteiger partial charge in [-0.2, -0.15) is 0 Å². The fourth-order valence-electron chi connectivity index (χ4n) is 3.00. The first-order valence-corrected chi connectivity index (χ1v) is 7.34. The van der Waals surface area contributed by atoms with Crippen molar-refractivity contribution < 1.29 is 13.9 Å². The van der Waals surface area contributed by atoms with Gasteiger partial charge in [0, 0.05) is 43.6 Å². The Kier molecular flexibility index (Phi) is 4.19. The van der Waals surface area contributed by atoms with Crippen molar-refractivity contribution in [2.75, 3.05) is 20.3 Å². The topological polar surface area (TPSA) is 69.7 Å². The minimum atomic E-state index is -0.426. The molecule has 2 heterocycles. The first-order valence-electron chi connectivity index (χ1n) is 6.96. The predicted molar refractivity (Wildman–Crippen MR) is 81.1 cm³/mol. The molecule has 0 spiro atoms. The van der Waals surface area contributed by atoms with Crippen LogP contribution in [0.25, 0.3) is 11.0 Å². The van der Waals surface area contributed by atoms with Gasteiger partial charge < -0.3 is 13.9 Å². The summed E-state index contributed by atoms with van der Waals surface area (Å²) in [6, 6.07) is 7.27. The quantitative estimate of drug-likeness (QED) is 0.671. The van der Waals surface area contributed by atoms with Gasteiger partial charge in [0.1, 0.15) is 17.4 Å². The van der Waals surface area contributed by atoms with Crippen molar-refractivity contribution in [2.24, 2.45) is 5.84 Å². The summed E-state index contributed by atoms with van der Waals surface area (Å²) in [5.74, 6) is 6.54. The summed E-state index contributed by atoms with van der Waals surface area (Å²) in [5.41, 5.74) is 3.21. The fourth-order valence-corrected chi connectivity index (χ4v) is 3.18. The molecule has 1 unspecified atom stereocenters.